The average Bonchev–Trinajstić information content (AvgIpc) is 3.10. The lowest BCUT2D eigenvalue weighted by molar-refractivity contribution is -0.383. The number of hydrogen-bond acceptors (Lipinski definition) is 7. The van der Waals surface area contributed by atoms with Gasteiger partial charge in [-0.25, -0.2) is 13.9 Å². The van der Waals surface area contributed by atoms with E-state index < -0.39 is 16.7 Å². The van der Waals surface area contributed by atoms with Gasteiger partial charge in [0.1, 0.15) is 23.6 Å². The molecule has 0 spiro atoms. The second-order valence-electron chi connectivity index (χ2n) is 6.29. The van der Waals surface area contributed by atoms with Gasteiger partial charge in [0.05, 0.1) is 11.5 Å². The van der Waals surface area contributed by atoms with Gasteiger partial charge in [-0.15, -0.1) is 0 Å². The number of aromatic nitrogens is 3. The van der Waals surface area contributed by atoms with Gasteiger partial charge in [-0.2, -0.15) is 5.10 Å². The van der Waals surface area contributed by atoms with E-state index in [0.717, 1.165) is 6.20 Å². The zero-order valence-electron chi connectivity index (χ0n) is 15.5. The van der Waals surface area contributed by atoms with Crippen LogP contribution < -0.4 is 9.64 Å². The Labute approximate surface area is 164 Å². The number of carboxylic acids is 1. The fraction of sp³-hybridized carbons (Fsp3) is 0.278. The topological polar surface area (TPSA) is 123 Å². The molecule has 0 aliphatic heterocycles. The molecule has 3 aromatic rings. The highest BCUT2D eigenvalue weighted by Gasteiger charge is 2.18. The van der Waals surface area contributed by atoms with Crippen molar-refractivity contribution in [3.8, 4) is 5.75 Å². The van der Waals surface area contributed by atoms with Crippen molar-refractivity contribution in [1.82, 2.24) is 14.6 Å². The summed E-state index contributed by atoms with van der Waals surface area (Å²) in [5, 5.41) is 23.7. The first kappa shape index (κ1) is 20.0. The minimum Gasteiger partial charge on any atom is -0.493 e. The lowest BCUT2D eigenvalue weighted by Gasteiger charge is -2.20. The number of halogens is 1. The standard InChI is InChI=1S/C18H18FN5O5/c1-22(16-6-7-23-18(21-16)14(10-20-23)24(27)28)11-12-9-13(19)4-5-15(12)29-8-2-3-17(25)26/h4-7,9-10H,2-3,8,11H2,1H3,(H,25,26). The van der Waals surface area contributed by atoms with E-state index in [4.69, 9.17) is 9.84 Å². The van der Waals surface area contributed by atoms with Crippen LogP contribution in [-0.2, 0) is 11.3 Å². The molecule has 2 aromatic heterocycles. The molecule has 0 fully saturated rings. The number of anilines is 1. The Kier molecular flexibility index (Phi) is 5.86. The summed E-state index contributed by atoms with van der Waals surface area (Å²) >= 11 is 0. The van der Waals surface area contributed by atoms with E-state index in [9.17, 15) is 19.3 Å². The molecule has 0 saturated carbocycles. The molecular formula is C18H18FN5O5. The first-order valence-electron chi connectivity index (χ1n) is 8.68. The summed E-state index contributed by atoms with van der Waals surface area (Å²) in [4.78, 5) is 27.1. The number of carboxylic acid groups (broad SMARTS) is 1. The molecule has 2 heterocycles. The molecule has 1 N–H and O–H groups in total. The zero-order valence-corrected chi connectivity index (χ0v) is 15.5. The van der Waals surface area contributed by atoms with Crippen LogP contribution >= 0.6 is 0 Å². The van der Waals surface area contributed by atoms with Crippen molar-refractivity contribution in [3.05, 3.63) is 58.2 Å². The molecule has 0 saturated heterocycles. The predicted octanol–water partition coefficient (Wildman–Crippen LogP) is 2.66. The Morgan fingerprint density at radius 2 is 2.21 bits per heavy atom. The lowest BCUT2D eigenvalue weighted by atomic mass is 10.2. The monoisotopic (exact) mass is 403 g/mol. The van der Waals surface area contributed by atoms with Crippen LogP contribution in [0.5, 0.6) is 5.75 Å². The molecule has 0 amide bonds. The van der Waals surface area contributed by atoms with Gasteiger partial charge in [0.15, 0.2) is 0 Å². The number of fused-ring (bicyclic) bond motifs is 1. The summed E-state index contributed by atoms with van der Waals surface area (Å²) in [5.41, 5.74) is 0.421. The highest BCUT2D eigenvalue weighted by atomic mass is 19.1. The number of nitrogens with zero attached hydrogens (tertiary/aromatic N) is 5. The molecule has 29 heavy (non-hydrogen) atoms. The fourth-order valence-corrected chi connectivity index (χ4v) is 2.74. The minimum absolute atomic E-state index is 0.0233. The van der Waals surface area contributed by atoms with Crippen molar-refractivity contribution in [3.63, 3.8) is 0 Å². The van der Waals surface area contributed by atoms with E-state index in [0.29, 0.717) is 23.6 Å². The van der Waals surface area contributed by atoms with Crippen molar-refractivity contribution >= 4 is 23.1 Å². The summed E-state index contributed by atoms with van der Waals surface area (Å²) in [6.07, 6.45) is 2.98. The largest absolute Gasteiger partial charge is 0.493 e. The molecule has 0 atom stereocenters. The quantitative estimate of drug-likeness (QED) is 0.329. The summed E-state index contributed by atoms with van der Waals surface area (Å²) in [6.45, 7) is 0.401. The Morgan fingerprint density at radius 1 is 1.41 bits per heavy atom. The number of carbonyl (C=O) groups is 1. The van der Waals surface area contributed by atoms with Crippen molar-refractivity contribution in [2.75, 3.05) is 18.6 Å². The van der Waals surface area contributed by atoms with Gasteiger partial charge in [-0.1, -0.05) is 0 Å². The average molecular weight is 403 g/mol. The van der Waals surface area contributed by atoms with Gasteiger partial charge < -0.3 is 14.7 Å². The molecule has 1 aromatic carbocycles. The summed E-state index contributed by atoms with van der Waals surface area (Å²) in [7, 11) is 1.71. The van der Waals surface area contributed by atoms with Crippen LogP contribution in [0.2, 0.25) is 0 Å². The maximum absolute atomic E-state index is 13.7. The third-order valence-corrected chi connectivity index (χ3v) is 4.15. The summed E-state index contributed by atoms with van der Waals surface area (Å²) in [6, 6.07) is 5.70. The number of rotatable bonds is 9. The number of ether oxygens (including phenoxy) is 1. The smallest absolute Gasteiger partial charge is 0.333 e. The second kappa shape index (κ2) is 8.50. The molecular weight excluding hydrogens is 385 g/mol. The number of aliphatic carboxylic acids is 1. The molecule has 152 valence electrons. The number of benzene rings is 1. The Morgan fingerprint density at radius 3 is 2.93 bits per heavy atom. The van der Waals surface area contributed by atoms with Crippen LogP contribution in [0.4, 0.5) is 15.9 Å². The third kappa shape index (κ3) is 4.75. The maximum Gasteiger partial charge on any atom is 0.333 e. The van der Waals surface area contributed by atoms with E-state index in [1.807, 2.05) is 0 Å². The van der Waals surface area contributed by atoms with Crippen molar-refractivity contribution < 1.29 is 24.0 Å². The third-order valence-electron chi connectivity index (χ3n) is 4.15. The van der Waals surface area contributed by atoms with E-state index in [1.165, 1.54) is 22.7 Å². The predicted molar refractivity (Wildman–Crippen MR) is 101 cm³/mol. The number of hydrogen-bond donors (Lipinski definition) is 1. The Hall–Kier alpha value is -3.76. The van der Waals surface area contributed by atoms with E-state index in [2.05, 4.69) is 10.1 Å². The SMILES string of the molecule is CN(Cc1cc(F)ccc1OCCCC(=O)O)c1ccn2ncc([N+](=O)[O-])c2n1. The number of nitro groups is 1. The lowest BCUT2D eigenvalue weighted by Crippen LogP contribution is -2.19. The maximum atomic E-state index is 13.7. The van der Waals surface area contributed by atoms with Crippen LogP contribution in [0.1, 0.15) is 18.4 Å². The van der Waals surface area contributed by atoms with Crippen LogP contribution in [0, 0.1) is 15.9 Å². The first-order chi connectivity index (χ1) is 13.8. The molecule has 0 aliphatic carbocycles. The molecule has 3 rings (SSSR count). The molecule has 10 nitrogen and oxygen atoms in total. The normalized spacial score (nSPS) is 10.8. The van der Waals surface area contributed by atoms with Gasteiger partial charge in [0, 0.05) is 31.8 Å². The second-order valence-corrected chi connectivity index (χ2v) is 6.29. The van der Waals surface area contributed by atoms with Gasteiger partial charge in [-0.05, 0) is 30.7 Å². The van der Waals surface area contributed by atoms with Crippen LogP contribution in [0.15, 0.2) is 36.7 Å². The fourth-order valence-electron chi connectivity index (χ4n) is 2.74. The van der Waals surface area contributed by atoms with E-state index in [1.54, 1.807) is 24.2 Å². The molecule has 0 bridgehead atoms. The van der Waals surface area contributed by atoms with Crippen molar-refractivity contribution in [2.24, 2.45) is 0 Å². The molecule has 11 heteroatoms. The molecule has 0 aliphatic rings. The van der Waals surface area contributed by atoms with Gasteiger partial charge in [0.2, 0.25) is 5.65 Å². The minimum atomic E-state index is -0.914. The van der Waals surface area contributed by atoms with Gasteiger partial charge in [-0.3, -0.25) is 14.9 Å². The summed E-state index contributed by atoms with van der Waals surface area (Å²) < 4.78 is 20.7. The van der Waals surface area contributed by atoms with E-state index >= 15 is 0 Å². The van der Waals surface area contributed by atoms with Crippen LogP contribution in [0.25, 0.3) is 5.65 Å². The van der Waals surface area contributed by atoms with Crippen molar-refractivity contribution in [2.45, 2.75) is 19.4 Å². The van der Waals surface area contributed by atoms with Crippen molar-refractivity contribution in [1.29, 1.82) is 0 Å². The Bertz CT molecular complexity index is 1050. The Balaban J connectivity index is 1.79. The highest BCUT2D eigenvalue weighted by molar-refractivity contribution is 5.66. The van der Waals surface area contributed by atoms with E-state index in [-0.39, 0.29) is 30.9 Å². The highest BCUT2D eigenvalue weighted by Crippen LogP contribution is 2.25. The summed E-state index contributed by atoms with van der Waals surface area (Å²) in [5.74, 6) is -0.494. The zero-order chi connectivity index (χ0) is 21.0. The molecule has 0 unspecified atom stereocenters. The van der Waals surface area contributed by atoms with Crippen LogP contribution in [-0.4, -0.2) is 44.3 Å². The van der Waals surface area contributed by atoms with Gasteiger partial charge >= 0.3 is 11.7 Å². The first-order valence-corrected chi connectivity index (χ1v) is 8.68. The molecule has 0 radical (unpaired) electrons. The van der Waals surface area contributed by atoms with Crippen LogP contribution in [0.3, 0.4) is 0 Å². The van der Waals surface area contributed by atoms with Gasteiger partial charge in [0.25, 0.3) is 0 Å².